The van der Waals surface area contributed by atoms with Crippen LogP contribution in [0.25, 0.3) is 0 Å². The number of guanidine groups is 1. The van der Waals surface area contributed by atoms with Crippen molar-refractivity contribution < 1.29 is 19.0 Å². The largest absolute Gasteiger partial charge is 0.497 e. The topological polar surface area (TPSA) is 93.2 Å². The number of ether oxygens (including phenoxy) is 3. The smallest absolute Gasteiger partial charge is 0.251 e. The van der Waals surface area contributed by atoms with Gasteiger partial charge in [-0.05, 0) is 37.5 Å². The van der Waals surface area contributed by atoms with Crippen molar-refractivity contribution in [1.29, 1.82) is 0 Å². The molecule has 1 aromatic rings. The summed E-state index contributed by atoms with van der Waals surface area (Å²) in [6.45, 7) is 4.06. The van der Waals surface area contributed by atoms with Gasteiger partial charge >= 0.3 is 0 Å². The molecule has 1 fully saturated rings. The van der Waals surface area contributed by atoms with E-state index < -0.39 is 0 Å². The van der Waals surface area contributed by atoms with Crippen molar-refractivity contribution in [1.82, 2.24) is 16.0 Å². The van der Waals surface area contributed by atoms with Crippen molar-refractivity contribution in [3.63, 3.8) is 0 Å². The average molecular weight is 393 g/mol. The van der Waals surface area contributed by atoms with Gasteiger partial charge in [-0.1, -0.05) is 6.07 Å². The van der Waals surface area contributed by atoms with Gasteiger partial charge in [0, 0.05) is 45.5 Å². The summed E-state index contributed by atoms with van der Waals surface area (Å²) in [4.78, 5) is 16.3. The van der Waals surface area contributed by atoms with E-state index in [1.54, 1.807) is 32.4 Å². The van der Waals surface area contributed by atoms with Gasteiger partial charge in [0.05, 0.1) is 19.8 Å². The molecule has 156 valence electrons. The lowest BCUT2D eigenvalue weighted by Gasteiger charge is -2.13. The number of aliphatic imine (C=N–C) groups is 1. The minimum Gasteiger partial charge on any atom is -0.497 e. The monoisotopic (exact) mass is 392 g/mol. The fraction of sp³-hybridized carbons (Fsp3) is 0.600. The summed E-state index contributed by atoms with van der Waals surface area (Å²) in [5.74, 6) is 1.23. The van der Waals surface area contributed by atoms with Crippen LogP contribution in [0.15, 0.2) is 29.3 Å². The second-order valence-electron chi connectivity index (χ2n) is 6.48. The molecule has 1 unspecified atom stereocenters. The molecule has 8 heteroatoms. The Morgan fingerprint density at radius 1 is 1.25 bits per heavy atom. The summed E-state index contributed by atoms with van der Waals surface area (Å²) >= 11 is 0. The highest BCUT2D eigenvalue weighted by atomic mass is 16.5. The van der Waals surface area contributed by atoms with E-state index in [1.165, 1.54) is 0 Å². The number of carbonyl (C=O) groups excluding carboxylic acids is 1. The molecule has 28 heavy (non-hydrogen) atoms. The number of rotatable bonds is 11. The van der Waals surface area contributed by atoms with Gasteiger partial charge in [0.25, 0.3) is 5.91 Å². The molecule has 0 radical (unpaired) electrons. The molecule has 1 aliphatic rings. The lowest BCUT2D eigenvalue weighted by molar-refractivity contribution is 0.0168. The predicted octanol–water partition coefficient (Wildman–Crippen LogP) is 1.18. The SMILES string of the molecule is CN=C(NCCCOCC1CCCO1)NCCNC(=O)c1cccc(OC)c1. The molecule has 1 atom stereocenters. The van der Waals surface area contributed by atoms with Crippen LogP contribution in [0.5, 0.6) is 5.75 Å². The van der Waals surface area contributed by atoms with Gasteiger partial charge in [-0.25, -0.2) is 0 Å². The van der Waals surface area contributed by atoms with E-state index in [4.69, 9.17) is 14.2 Å². The highest BCUT2D eigenvalue weighted by molar-refractivity contribution is 5.94. The number of nitrogens with one attached hydrogen (secondary N) is 3. The second kappa shape index (κ2) is 13.0. The van der Waals surface area contributed by atoms with Gasteiger partial charge in [-0.15, -0.1) is 0 Å². The van der Waals surface area contributed by atoms with E-state index in [9.17, 15) is 4.79 Å². The van der Waals surface area contributed by atoms with Gasteiger partial charge in [-0.2, -0.15) is 0 Å². The molecule has 1 aliphatic heterocycles. The Balaban J connectivity index is 1.52. The number of amides is 1. The first kappa shape index (κ1) is 22.0. The summed E-state index contributed by atoms with van der Waals surface area (Å²) in [6.07, 6.45) is 3.40. The molecule has 1 amide bonds. The van der Waals surface area contributed by atoms with E-state index in [1.807, 2.05) is 6.07 Å². The number of carbonyl (C=O) groups is 1. The van der Waals surface area contributed by atoms with Crippen molar-refractivity contribution >= 4 is 11.9 Å². The van der Waals surface area contributed by atoms with Gasteiger partial charge in [0.2, 0.25) is 0 Å². The molecule has 0 spiro atoms. The Morgan fingerprint density at radius 3 is 2.82 bits per heavy atom. The van der Waals surface area contributed by atoms with Crippen molar-refractivity contribution in [2.24, 2.45) is 4.99 Å². The first-order chi connectivity index (χ1) is 13.7. The molecule has 0 aromatic heterocycles. The zero-order valence-electron chi connectivity index (χ0n) is 16.8. The molecule has 1 aromatic carbocycles. The second-order valence-corrected chi connectivity index (χ2v) is 6.48. The molecule has 3 N–H and O–H groups in total. The Bertz CT molecular complexity index is 618. The fourth-order valence-electron chi connectivity index (χ4n) is 2.82. The van der Waals surface area contributed by atoms with E-state index >= 15 is 0 Å². The normalized spacial score (nSPS) is 16.6. The lowest BCUT2D eigenvalue weighted by Crippen LogP contribution is -2.42. The quantitative estimate of drug-likeness (QED) is 0.297. The van der Waals surface area contributed by atoms with E-state index in [0.717, 1.165) is 32.4 Å². The summed E-state index contributed by atoms with van der Waals surface area (Å²) in [7, 11) is 3.30. The third-order valence-electron chi connectivity index (χ3n) is 4.34. The number of nitrogens with zero attached hydrogens (tertiary/aromatic N) is 1. The Morgan fingerprint density at radius 2 is 2.07 bits per heavy atom. The van der Waals surface area contributed by atoms with Crippen LogP contribution in [-0.4, -0.2) is 71.6 Å². The van der Waals surface area contributed by atoms with Gasteiger partial charge in [0.15, 0.2) is 5.96 Å². The Labute approximate surface area is 167 Å². The zero-order valence-corrected chi connectivity index (χ0v) is 16.8. The first-order valence-corrected chi connectivity index (χ1v) is 9.79. The molecular formula is C20H32N4O4. The third kappa shape index (κ3) is 8.14. The maximum absolute atomic E-state index is 12.1. The molecular weight excluding hydrogens is 360 g/mol. The highest BCUT2D eigenvalue weighted by Crippen LogP contribution is 2.12. The maximum Gasteiger partial charge on any atom is 0.251 e. The minimum absolute atomic E-state index is 0.132. The Kier molecular flexibility index (Phi) is 10.2. The van der Waals surface area contributed by atoms with Crippen LogP contribution in [0.4, 0.5) is 0 Å². The third-order valence-corrected chi connectivity index (χ3v) is 4.34. The molecule has 8 nitrogen and oxygen atoms in total. The van der Waals surface area contributed by atoms with Crippen LogP contribution in [0.1, 0.15) is 29.6 Å². The molecule has 1 heterocycles. The Hall–Kier alpha value is -2.32. The van der Waals surface area contributed by atoms with E-state index in [0.29, 0.717) is 43.6 Å². The number of benzene rings is 1. The first-order valence-electron chi connectivity index (χ1n) is 9.79. The van der Waals surface area contributed by atoms with Crippen molar-refractivity contribution in [3.05, 3.63) is 29.8 Å². The minimum atomic E-state index is -0.132. The number of hydrogen-bond donors (Lipinski definition) is 3. The van der Waals surface area contributed by atoms with Gasteiger partial charge in [0.1, 0.15) is 5.75 Å². The van der Waals surface area contributed by atoms with Crippen molar-refractivity contribution in [2.45, 2.75) is 25.4 Å². The summed E-state index contributed by atoms with van der Waals surface area (Å²) < 4.78 is 16.3. The summed E-state index contributed by atoms with van der Waals surface area (Å²) in [5, 5.41) is 9.27. The summed E-state index contributed by atoms with van der Waals surface area (Å²) in [6, 6.07) is 7.07. The number of methoxy groups -OCH3 is 1. The molecule has 0 bridgehead atoms. The van der Waals surface area contributed by atoms with Gasteiger partial charge in [-0.3, -0.25) is 9.79 Å². The van der Waals surface area contributed by atoms with Crippen LogP contribution >= 0.6 is 0 Å². The van der Waals surface area contributed by atoms with Crippen LogP contribution in [0.2, 0.25) is 0 Å². The average Bonchev–Trinajstić information content (AvgIpc) is 3.25. The van der Waals surface area contributed by atoms with Gasteiger partial charge < -0.3 is 30.2 Å². The standard InChI is InChI=1S/C20H32N4O4/c1-21-20(23-9-5-12-27-15-18-8-4-13-28-18)24-11-10-22-19(25)16-6-3-7-17(14-16)26-2/h3,6-7,14,18H,4-5,8-13,15H2,1-2H3,(H,22,25)(H2,21,23,24). The van der Waals surface area contributed by atoms with E-state index in [2.05, 4.69) is 20.9 Å². The fourth-order valence-corrected chi connectivity index (χ4v) is 2.82. The maximum atomic E-state index is 12.1. The molecule has 1 saturated heterocycles. The van der Waals surface area contributed by atoms with Crippen molar-refractivity contribution in [2.75, 3.05) is 53.6 Å². The number of hydrogen-bond acceptors (Lipinski definition) is 5. The predicted molar refractivity (Wildman–Crippen MR) is 109 cm³/mol. The lowest BCUT2D eigenvalue weighted by atomic mass is 10.2. The molecule has 2 rings (SSSR count). The molecule has 0 aliphatic carbocycles. The zero-order chi connectivity index (χ0) is 20.0. The summed E-state index contributed by atoms with van der Waals surface area (Å²) in [5.41, 5.74) is 0.574. The van der Waals surface area contributed by atoms with Crippen molar-refractivity contribution in [3.8, 4) is 5.75 Å². The van der Waals surface area contributed by atoms with Crippen LogP contribution in [0, 0.1) is 0 Å². The van der Waals surface area contributed by atoms with Crippen LogP contribution < -0.4 is 20.7 Å². The van der Waals surface area contributed by atoms with Crippen LogP contribution in [-0.2, 0) is 9.47 Å². The molecule has 0 saturated carbocycles. The van der Waals surface area contributed by atoms with E-state index in [-0.39, 0.29) is 12.0 Å². The highest BCUT2D eigenvalue weighted by Gasteiger charge is 2.14. The van der Waals surface area contributed by atoms with Crippen LogP contribution in [0.3, 0.4) is 0 Å².